The average molecular weight is 315 g/mol. The molecule has 0 atom stereocenters. The first-order valence-electron chi connectivity index (χ1n) is 6.78. The van der Waals surface area contributed by atoms with Gasteiger partial charge in [-0.2, -0.15) is 0 Å². The maximum Gasteiger partial charge on any atom is 0.407 e. The van der Waals surface area contributed by atoms with E-state index in [0.29, 0.717) is 18.0 Å². The first-order chi connectivity index (χ1) is 10.8. The van der Waals surface area contributed by atoms with Crippen LogP contribution in [-0.2, 0) is 11.3 Å². The number of pyridine rings is 1. The molecule has 0 spiro atoms. The number of rotatable bonds is 4. The van der Waals surface area contributed by atoms with Crippen molar-refractivity contribution in [1.82, 2.24) is 10.3 Å². The SMILES string of the molecule is O=C(NCCC#Cc1ccncc1Cl)OCc1ccccc1. The van der Waals surface area contributed by atoms with E-state index in [9.17, 15) is 4.79 Å². The molecule has 0 bridgehead atoms. The number of carbonyl (C=O) groups excluding carboxylic acids is 1. The number of aromatic nitrogens is 1. The van der Waals surface area contributed by atoms with Crippen molar-refractivity contribution in [3.63, 3.8) is 0 Å². The zero-order chi connectivity index (χ0) is 15.6. The maximum atomic E-state index is 11.5. The second kappa shape index (κ2) is 8.71. The maximum absolute atomic E-state index is 11.5. The van der Waals surface area contributed by atoms with Gasteiger partial charge in [-0.15, -0.1) is 0 Å². The summed E-state index contributed by atoms with van der Waals surface area (Å²) in [6, 6.07) is 11.3. The number of alkyl carbamates (subject to hydrolysis) is 1. The summed E-state index contributed by atoms with van der Waals surface area (Å²) in [6.07, 6.45) is 3.24. The molecule has 5 heteroatoms. The summed E-state index contributed by atoms with van der Waals surface area (Å²) in [5.41, 5.74) is 1.67. The van der Waals surface area contributed by atoms with Gasteiger partial charge in [-0.1, -0.05) is 53.8 Å². The quantitative estimate of drug-likeness (QED) is 0.695. The fourth-order valence-electron chi connectivity index (χ4n) is 1.64. The van der Waals surface area contributed by atoms with E-state index < -0.39 is 6.09 Å². The molecule has 1 aromatic heterocycles. The highest BCUT2D eigenvalue weighted by atomic mass is 35.5. The number of nitrogens with one attached hydrogen (secondary N) is 1. The van der Waals surface area contributed by atoms with E-state index in [1.807, 2.05) is 30.3 Å². The Labute approximate surface area is 134 Å². The summed E-state index contributed by atoms with van der Waals surface area (Å²) in [5, 5.41) is 3.16. The molecular weight excluding hydrogens is 300 g/mol. The standard InChI is InChI=1S/C17H15ClN2O2/c18-16-12-19-11-9-15(16)8-4-5-10-20-17(21)22-13-14-6-2-1-3-7-14/h1-3,6-7,9,11-12H,5,10,13H2,(H,20,21). The Kier molecular flexibility index (Phi) is 6.28. The summed E-state index contributed by atoms with van der Waals surface area (Å²) in [7, 11) is 0. The fraction of sp³-hybridized carbons (Fsp3) is 0.176. The van der Waals surface area contributed by atoms with E-state index in [4.69, 9.17) is 16.3 Å². The smallest absolute Gasteiger partial charge is 0.407 e. The van der Waals surface area contributed by atoms with Crippen LogP contribution < -0.4 is 5.32 Å². The summed E-state index contributed by atoms with van der Waals surface area (Å²) < 4.78 is 5.08. The topological polar surface area (TPSA) is 51.2 Å². The van der Waals surface area contributed by atoms with E-state index in [2.05, 4.69) is 22.1 Å². The van der Waals surface area contributed by atoms with Crippen molar-refractivity contribution in [3.05, 3.63) is 64.9 Å². The highest BCUT2D eigenvalue weighted by Crippen LogP contribution is 2.11. The second-order valence-electron chi connectivity index (χ2n) is 4.40. The number of benzene rings is 1. The number of hydrogen-bond donors (Lipinski definition) is 1. The molecule has 0 saturated heterocycles. The van der Waals surface area contributed by atoms with E-state index in [1.165, 1.54) is 0 Å². The number of halogens is 1. The molecule has 0 aliphatic carbocycles. The van der Waals surface area contributed by atoms with Crippen LogP contribution in [0.25, 0.3) is 0 Å². The van der Waals surface area contributed by atoms with Gasteiger partial charge < -0.3 is 10.1 Å². The van der Waals surface area contributed by atoms with Crippen LogP contribution in [0, 0.1) is 11.8 Å². The molecule has 1 aromatic carbocycles. The summed E-state index contributed by atoms with van der Waals surface area (Å²) in [6.45, 7) is 0.675. The van der Waals surface area contributed by atoms with E-state index in [-0.39, 0.29) is 6.61 Å². The molecule has 0 fully saturated rings. The number of nitrogens with zero attached hydrogens (tertiary/aromatic N) is 1. The van der Waals surface area contributed by atoms with Gasteiger partial charge in [-0.25, -0.2) is 4.79 Å². The van der Waals surface area contributed by atoms with Gasteiger partial charge in [0.1, 0.15) is 6.61 Å². The molecular formula is C17H15ClN2O2. The second-order valence-corrected chi connectivity index (χ2v) is 4.80. The lowest BCUT2D eigenvalue weighted by Gasteiger charge is -2.05. The van der Waals surface area contributed by atoms with Gasteiger partial charge >= 0.3 is 6.09 Å². The molecule has 2 aromatic rings. The molecule has 4 nitrogen and oxygen atoms in total. The minimum absolute atomic E-state index is 0.255. The number of carbonyl (C=O) groups is 1. The first-order valence-corrected chi connectivity index (χ1v) is 7.16. The Hall–Kier alpha value is -2.51. The molecule has 112 valence electrons. The third-order valence-electron chi connectivity index (χ3n) is 2.73. The molecule has 22 heavy (non-hydrogen) atoms. The molecule has 0 aliphatic heterocycles. The van der Waals surface area contributed by atoms with Gasteiger partial charge in [-0.05, 0) is 11.6 Å². The Bertz CT molecular complexity index is 678. The Morgan fingerprint density at radius 1 is 1.27 bits per heavy atom. The summed E-state index contributed by atoms with van der Waals surface area (Å²) in [4.78, 5) is 15.4. The lowest BCUT2D eigenvalue weighted by Crippen LogP contribution is -2.24. The van der Waals surface area contributed by atoms with Gasteiger partial charge in [0, 0.05) is 30.9 Å². The van der Waals surface area contributed by atoms with Crippen LogP contribution >= 0.6 is 11.6 Å². The molecule has 0 radical (unpaired) electrons. The largest absolute Gasteiger partial charge is 0.445 e. The van der Waals surface area contributed by atoms with Crippen molar-refractivity contribution in [2.45, 2.75) is 13.0 Å². The summed E-state index contributed by atoms with van der Waals surface area (Å²) >= 11 is 5.93. The summed E-state index contributed by atoms with van der Waals surface area (Å²) in [5.74, 6) is 5.87. The van der Waals surface area contributed by atoms with Crippen LogP contribution in [0.1, 0.15) is 17.5 Å². The predicted octanol–water partition coefficient (Wildman–Crippen LogP) is 3.40. The molecule has 0 aliphatic rings. The Morgan fingerprint density at radius 3 is 2.86 bits per heavy atom. The van der Waals surface area contributed by atoms with Crippen LogP contribution in [0.2, 0.25) is 5.02 Å². The van der Waals surface area contributed by atoms with Crippen molar-refractivity contribution >= 4 is 17.7 Å². The third kappa shape index (κ3) is 5.47. The minimum Gasteiger partial charge on any atom is -0.445 e. The number of hydrogen-bond acceptors (Lipinski definition) is 3. The number of amides is 1. The first kappa shape index (κ1) is 15.9. The highest BCUT2D eigenvalue weighted by molar-refractivity contribution is 6.31. The van der Waals surface area contributed by atoms with Crippen molar-refractivity contribution in [3.8, 4) is 11.8 Å². The lowest BCUT2D eigenvalue weighted by atomic mass is 10.2. The average Bonchev–Trinajstić information content (AvgIpc) is 2.55. The molecule has 1 N–H and O–H groups in total. The highest BCUT2D eigenvalue weighted by Gasteiger charge is 2.00. The van der Waals surface area contributed by atoms with Crippen LogP contribution in [0.5, 0.6) is 0 Å². The molecule has 1 heterocycles. The Morgan fingerprint density at radius 2 is 2.09 bits per heavy atom. The lowest BCUT2D eigenvalue weighted by molar-refractivity contribution is 0.140. The predicted molar refractivity (Wildman–Crippen MR) is 85.4 cm³/mol. The molecule has 2 rings (SSSR count). The van der Waals surface area contributed by atoms with E-state index in [0.717, 1.165) is 11.1 Å². The third-order valence-corrected chi connectivity index (χ3v) is 3.03. The van der Waals surface area contributed by atoms with Gasteiger partial charge in [0.15, 0.2) is 0 Å². The molecule has 0 unspecified atom stereocenters. The number of ether oxygens (including phenoxy) is 1. The van der Waals surface area contributed by atoms with Crippen molar-refractivity contribution in [2.24, 2.45) is 0 Å². The van der Waals surface area contributed by atoms with Crippen LogP contribution in [-0.4, -0.2) is 17.6 Å². The van der Waals surface area contributed by atoms with Crippen LogP contribution in [0.15, 0.2) is 48.8 Å². The van der Waals surface area contributed by atoms with Crippen LogP contribution in [0.3, 0.4) is 0 Å². The van der Waals surface area contributed by atoms with Gasteiger partial charge in [0.05, 0.1) is 5.02 Å². The minimum atomic E-state index is -0.451. The van der Waals surface area contributed by atoms with E-state index in [1.54, 1.807) is 18.5 Å². The fourth-order valence-corrected chi connectivity index (χ4v) is 1.80. The van der Waals surface area contributed by atoms with Gasteiger partial charge in [-0.3, -0.25) is 4.98 Å². The van der Waals surface area contributed by atoms with Crippen LogP contribution in [0.4, 0.5) is 4.79 Å². The molecule has 0 saturated carbocycles. The normalized spacial score (nSPS) is 9.50. The molecule has 1 amide bonds. The van der Waals surface area contributed by atoms with E-state index >= 15 is 0 Å². The van der Waals surface area contributed by atoms with Gasteiger partial charge in [0.2, 0.25) is 0 Å². The zero-order valence-electron chi connectivity index (χ0n) is 11.9. The van der Waals surface area contributed by atoms with Crippen molar-refractivity contribution in [1.29, 1.82) is 0 Å². The van der Waals surface area contributed by atoms with Crippen molar-refractivity contribution in [2.75, 3.05) is 6.54 Å². The van der Waals surface area contributed by atoms with Crippen molar-refractivity contribution < 1.29 is 9.53 Å². The Balaban J connectivity index is 1.67. The van der Waals surface area contributed by atoms with Gasteiger partial charge in [0.25, 0.3) is 0 Å². The monoisotopic (exact) mass is 314 g/mol. The zero-order valence-corrected chi connectivity index (χ0v) is 12.6.